The minimum absolute atomic E-state index is 0.204. The third-order valence-corrected chi connectivity index (χ3v) is 5.20. The molecule has 1 heterocycles. The molecule has 0 saturated heterocycles. The predicted molar refractivity (Wildman–Crippen MR) is 85.1 cm³/mol. The van der Waals surface area contributed by atoms with Crippen LogP contribution in [0.25, 0.3) is 0 Å². The molecule has 0 atom stereocenters. The molecule has 1 aromatic heterocycles. The van der Waals surface area contributed by atoms with E-state index in [0.29, 0.717) is 27.7 Å². The van der Waals surface area contributed by atoms with Crippen molar-refractivity contribution in [3.8, 4) is 0 Å². The Kier molecular flexibility index (Phi) is 4.11. The average molecular weight is 326 g/mol. The standard InChI is InChI=1S/C14H16ClN3O2S/c1-8-6-12(16)10(3)14(9(8)2)21(19,20)18-11-4-5-13(15)17-7-11/h4-7,18H,16H2,1-3H3. The topological polar surface area (TPSA) is 85.1 Å². The highest BCUT2D eigenvalue weighted by Crippen LogP contribution is 2.29. The van der Waals surface area contributed by atoms with Gasteiger partial charge in [0.05, 0.1) is 16.8 Å². The van der Waals surface area contributed by atoms with Crippen molar-refractivity contribution in [3.05, 3.63) is 46.2 Å². The van der Waals surface area contributed by atoms with Crippen LogP contribution in [0.3, 0.4) is 0 Å². The average Bonchev–Trinajstić information content (AvgIpc) is 2.39. The van der Waals surface area contributed by atoms with Crippen LogP contribution in [-0.2, 0) is 10.0 Å². The molecule has 0 amide bonds. The summed E-state index contributed by atoms with van der Waals surface area (Å²) in [6.07, 6.45) is 1.36. The first kappa shape index (κ1) is 15.6. The highest BCUT2D eigenvalue weighted by molar-refractivity contribution is 7.92. The Balaban J connectivity index is 2.52. The van der Waals surface area contributed by atoms with Crippen molar-refractivity contribution in [2.24, 2.45) is 0 Å². The molecule has 1 aromatic carbocycles. The maximum Gasteiger partial charge on any atom is 0.262 e. The lowest BCUT2D eigenvalue weighted by atomic mass is 10.1. The van der Waals surface area contributed by atoms with Crippen molar-refractivity contribution in [2.75, 3.05) is 10.5 Å². The number of nitrogen functional groups attached to an aromatic ring is 1. The molecule has 0 unspecified atom stereocenters. The van der Waals surface area contributed by atoms with Gasteiger partial charge in [-0.2, -0.15) is 0 Å². The van der Waals surface area contributed by atoms with Crippen molar-refractivity contribution < 1.29 is 8.42 Å². The van der Waals surface area contributed by atoms with Crippen LogP contribution in [0.5, 0.6) is 0 Å². The highest BCUT2D eigenvalue weighted by atomic mass is 35.5. The Morgan fingerprint density at radius 1 is 1.19 bits per heavy atom. The minimum atomic E-state index is -3.75. The molecule has 5 nitrogen and oxygen atoms in total. The van der Waals surface area contributed by atoms with Gasteiger partial charge >= 0.3 is 0 Å². The number of sulfonamides is 1. The zero-order chi connectivity index (χ0) is 15.8. The molecule has 0 saturated carbocycles. The molecule has 21 heavy (non-hydrogen) atoms. The smallest absolute Gasteiger partial charge is 0.262 e. The molecule has 0 spiro atoms. The van der Waals surface area contributed by atoms with E-state index in [2.05, 4.69) is 9.71 Å². The molecule has 0 aliphatic carbocycles. The van der Waals surface area contributed by atoms with Crippen molar-refractivity contribution in [1.29, 1.82) is 0 Å². The molecular formula is C14H16ClN3O2S. The van der Waals surface area contributed by atoms with Gasteiger partial charge in [-0.15, -0.1) is 0 Å². The number of pyridine rings is 1. The number of anilines is 2. The summed E-state index contributed by atoms with van der Waals surface area (Å²) in [7, 11) is -3.75. The third-order valence-electron chi connectivity index (χ3n) is 3.33. The van der Waals surface area contributed by atoms with E-state index in [-0.39, 0.29) is 4.90 Å². The second-order valence-corrected chi connectivity index (χ2v) is 6.84. The van der Waals surface area contributed by atoms with Crippen molar-refractivity contribution in [3.63, 3.8) is 0 Å². The van der Waals surface area contributed by atoms with E-state index in [1.807, 2.05) is 6.92 Å². The molecule has 0 fully saturated rings. The van der Waals surface area contributed by atoms with E-state index >= 15 is 0 Å². The van der Waals surface area contributed by atoms with E-state index in [9.17, 15) is 8.42 Å². The minimum Gasteiger partial charge on any atom is -0.398 e. The van der Waals surface area contributed by atoms with Crippen LogP contribution in [0.1, 0.15) is 16.7 Å². The Morgan fingerprint density at radius 2 is 1.86 bits per heavy atom. The SMILES string of the molecule is Cc1cc(N)c(C)c(S(=O)(=O)Nc2ccc(Cl)nc2)c1C. The zero-order valence-electron chi connectivity index (χ0n) is 11.9. The molecule has 0 bridgehead atoms. The molecular weight excluding hydrogens is 310 g/mol. The van der Waals surface area contributed by atoms with Gasteiger partial charge < -0.3 is 5.73 Å². The number of nitrogens with zero attached hydrogens (tertiary/aromatic N) is 1. The van der Waals surface area contributed by atoms with Crippen molar-refractivity contribution >= 4 is 33.0 Å². The number of aryl methyl sites for hydroxylation is 1. The maximum absolute atomic E-state index is 12.6. The summed E-state index contributed by atoms with van der Waals surface area (Å²) in [4.78, 5) is 4.05. The van der Waals surface area contributed by atoms with Gasteiger partial charge in [0.2, 0.25) is 0 Å². The van der Waals surface area contributed by atoms with E-state index in [0.717, 1.165) is 5.56 Å². The van der Waals surface area contributed by atoms with Gasteiger partial charge in [0.15, 0.2) is 0 Å². The highest BCUT2D eigenvalue weighted by Gasteiger charge is 2.22. The summed E-state index contributed by atoms with van der Waals surface area (Å²) < 4.78 is 27.7. The van der Waals surface area contributed by atoms with E-state index in [1.54, 1.807) is 26.0 Å². The van der Waals surface area contributed by atoms with Gasteiger partial charge in [0.25, 0.3) is 10.0 Å². The quantitative estimate of drug-likeness (QED) is 0.671. The molecule has 0 aliphatic heterocycles. The first-order valence-electron chi connectivity index (χ1n) is 6.23. The fraction of sp³-hybridized carbons (Fsp3) is 0.214. The normalized spacial score (nSPS) is 11.4. The van der Waals surface area contributed by atoms with Crippen LogP contribution in [0, 0.1) is 20.8 Å². The molecule has 0 aliphatic rings. The molecule has 112 valence electrons. The lowest BCUT2D eigenvalue weighted by Gasteiger charge is -2.16. The largest absolute Gasteiger partial charge is 0.398 e. The number of hydrogen-bond acceptors (Lipinski definition) is 4. The number of benzene rings is 1. The summed E-state index contributed by atoms with van der Waals surface area (Å²) in [6, 6.07) is 4.84. The summed E-state index contributed by atoms with van der Waals surface area (Å²) in [5, 5.41) is 0.296. The second-order valence-electron chi connectivity index (χ2n) is 4.84. The van der Waals surface area contributed by atoms with Crippen molar-refractivity contribution in [2.45, 2.75) is 25.7 Å². The predicted octanol–water partition coefficient (Wildman–Crippen LogP) is 3.04. The summed E-state index contributed by atoms with van der Waals surface area (Å²) in [5.74, 6) is 0. The molecule has 2 rings (SSSR count). The number of halogens is 1. The zero-order valence-corrected chi connectivity index (χ0v) is 13.5. The Hall–Kier alpha value is -1.79. The third kappa shape index (κ3) is 3.11. The van der Waals surface area contributed by atoms with Crippen LogP contribution in [0.4, 0.5) is 11.4 Å². The number of nitrogens with one attached hydrogen (secondary N) is 1. The van der Waals surface area contributed by atoms with Crippen molar-refractivity contribution in [1.82, 2.24) is 4.98 Å². The number of rotatable bonds is 3. The fourth-order valence-electron chi connectivity index (χ4n) is 2.09. The molecule has 3 N–H and O–H groups in total. The first-order chi connectivity index (χ1) is 9.72. The lowest BCUT2D eigenvalue weighted by Crippen LogP contribution is -2.17. The number of aromatic nitrogens is 1. The van der Waals surface area contributed by atoms with Crippen LogP contribution in [0.2, 0.25) is 5.15 Å². The number of hydrogen-bond donors (Lipinski definition) is 2. The maximum atomic E-state index is 12.6. The Labute approximate surface area is 129 Å². The van der Waals surface area contributed by atoms with Gasteiger partial charge in [-0.1, -0.05) is 11.6 Å². The first-order valence-corrected chi connectivity index (χ1v) is 8.09. The van der Waals surface area contributed by atoms with Gasteiger partial charge in [-0.3, -0.25) is 4.72 Å². The Bertz CT molecular complexity index is 761. The van der Waals surface area contributed by atoms with Gasteiger partial charge in [-0.25, -0.2) is 13.4 Å². The van der Waals surface area contributed by atoms with Crippen LogP contribution in [0.15, 0.2) is 29.3 Å². The fourth-order valence-corrected chi connectivity index (χ4v) is 3.82. The second kappa shape index (κ2) is 5.54. The van der Waals surface area contributed by atoms with Crippen LogP contribution in [-0.4, -0.2) is 13.4 Å². The van der Waals surface area contributed by atoms with E-state index < -0.39 is 10.0 Å². The van der Waals surface area contributed by atoms with Crippen LogP contribution >= 0.6 is 11.6 Å². The van der Waals surface area contributed by atoms with Crippen LogP contribution < -0.4 is 10.5 Å². The monoisotopic (exact) mass is 325 g/mol. The van der Waals surface area contributed by atoms with Gasteiger partial charge in [-0.05, 0) is 55.7 Å². The molecule has 7 heteroatoms. The summed E-state index contributed by atoms with van der Waals surface area (Å²) in [6.45, 7) is 5.28. The Morgan fingerprint density at radius 3 is 2.43 bits per heavy atom. The van der Waals surface area contributed by atoms with E-state index in [4.69, 9.17) is 17.3 Å². The summed E-state index contributed by atoms with van der Waals surface area (Å²) in [5.41, 5.74) is 8.71. The number of nitrogens with two attached hydrogens (primary N) is 1. The molecule has 2 aromatic rings. The molecule has 0 radical (unpaired) electrons. The van der Waals surface area contributed by atoms with Gasteiger partial charge in [0.1, 0.15) is 5.15 Å². The summed E-state index contributed by atoms with van der Waals surface area (Å²) >= 11 is 5.69. The van der Waals surface area contributed by atoms with Gasteiger partial charge in [0, 0.05) is 5.69 Å². The van der Waals surface area contributed by atoms with E-state index in [1.165, 1.54) is 12.3 Å². The lowest BCUT2D eigenvalue weighted by molar-refractivity contribution is 0.600.